The van der Waals surface area contributed by atoms with Gasteiger partial charge in [0.05, 0.1) is 5.69 Å². The number of hydrogen-bond donors (Lipinski definition) is 1. The lowest BCUT2D eigenvalue weighted by Gasteiger charge is -2.38. The largest absolute Gasteiger partial charge is 0.333 e. The number of pyridine rings is 1. The van der Waals surface area contributed by atoms with Gasteiger partial charge < -0.3 is 15.5 Å². The lowest BCUT2D eigenvalue weighted by Crippen LogP contribution is -2.52. The van der Waals surface area contributed by atoms with Crippen LogP contribution in [0.3, 0.4) is 0 Å². The highest BCUT2D eigenvalue weighted by atomic mass is 35.5. The summed E-state index contributed by atoms with van der Waals surface area (Å²) in [4.78, 5) is 20.7. The van der Waals surface area contributed by atoms with Crippen molar-refractivity contribution in [3.8, 4) is 0 Å². The zero-order chi connectivity index (χ0) is 13.1. The molecule has 7 heteroatoms. The Hall–Kier alpha value is -0.880. The lowest BCUT2D eigenvalue weighted by atomic mass is 10.1. The summed E-state index contributed by atoms with van der Waals surface area (Å²) in [6.07, 6.45) is 1.65. The minimum Gasteiger partial charge on any atom is -0.333 e. The van der Waals surface area contributed by atoms with Gasteiger partial charge in [-0.2, -0.15) is 0 Å². The number of carbonyl (C=O) groups excluding carboxylic acids is 1. The molecule has 1 unspecified atom stereocenters. The number of rotatable bonds is 2. The number of piperazine rings is 1. The Bertz CT molecular complexity index is 444. The molecule has 1 atom stereocenters. The maximum Gasteiger partial charge on any atom is 0.254 e. The third kappa shape index (κ3) is 4.31. The summed E-state index contributed by atoms with van der Waals surface area (Å²) >= 11 is 0. The van der Waals surface area contributed by atoms with Gasteiger partial charge in [-0.3, -0.25) is 9.78 Å². The van der Waals surface area contributed by atoms with Crippen molar-refractivity contribution >= 4 is 30.7 Å². The van der Waals surface area contributed by atoms with Gasteiger partial charge in [0.1, 0.15) is 0 Å². The Kier molecular flexibility index (Phi) is 8.05. The second kappa shape index (κ2) is 8.42. The maximum atomic E-state index is 12.4. The molecule has 0 aliphatic carbocycles. The van der Waals surface area contributed by atoms with Crippen LogP contribution in [0.2, 0.25) is 0 Å². The molecule has 0 aromatic carbocycles. The zero-order valence-corrected chi connectivity index (χ0v) is 13.4. The van der Waals surface area contributed by atoms with Gasteiger partial charge in [0.2, 0.25) is 0 Å². The van der Waals surface area contributed by atoms with Gasteiger partial charge in [-0.1, -0.05) is 0 Å². The Morgan fingerprint density at radius 2 is 2.15 bits per heavy atom. The number of amides is 1. The number of nitrogens with two attached hydrogens (primary N) is 1. The SMILES string of the molecule is CC1CN(C)CCN1C(=O)c1ccnc(CN)c1.Cl.Cl. The van der Waals surface area contributed by atoms with E-state index >= 15 is 0 Å². The van der Waals surface area contributed by atoms with E-state index in [1.54, 1.807) is 18.3 Å². The molecule has 5 nitrogen and oxygen atoms in total. The van der Waals surface area contributed by atoms with Crippen LogP contribution in [0.25, 0.3) is 0 Å². The number of carbonyl (C=O) groups is 1. The summed E-state index contributed by atoms with van der Waals surface area (Å²) < 4.78 is 0. The van der Waals surface area contributed by atoms with Crippen LogP contribution in [-0.2, 0) is 6.54 Å². The van der Waals surface area contributed by atoms with Crippen LogP contribution in [0.15, 0.2) is 18.3 Å². The smallest absolute Gasteiger partial charge is 0.254 e. The Balaban J connectivity index is 0.00000180. The van der Waals surface area contributed by atoms with E-state index in [1.165, 1.54) is 0 Å². The van der Waals surface area contributed by atoms with E-state index in [4.69, 9.17) is 5.73 Å². The molecule has 0 bridgehead atoms. The molecule has 1 aromatic heterocycles. The fourth-order valence-corrected chi connectivity index (χ4v) is 2.33. The molecule has 2 heterocycles. The van der Waals surface area contributed by atoms with E-state index in [0.717, 1.165) is 25.3 Å². The number of nitrogens with zero attached hydrogens (tertiary/aromatic N) is 3. The van der Waals surface area contributed by atoms with Crippen molar-refractivity contribution in [2.24, 2.45) is 5.73 Å². The molecule has 1 aliphatic rings. The molecule has 0 spiro atoms. The van der Waals surface area contributed by atoms with Gasteiger partial charge >= 0.3 is 0 Å². The first-order valence-electron chi connectivity index (χ1n) is 6.26. The summed E-state index contributed by atoms with van der Waals surface area (Å²) in [5.41, 5.74) is 6.98. The maximum absolute atomic E-state index is 12.4. The third-order valence-corrected chi connectivity index (χ3v) is 3.36. The van der Waals surface area contributed by atoms with Crippen LogP contribution in [0.1, 0.15) is 23.0 Å². The quantitative estimate of drug-likeness (QED) is 0.888. The van der Waals surface area contributed by atoms with E-state index < -0.39 is 0 Å². The first kappa shape index (κ1) is 19.1. The molecule has 1 aromatic rings. The van der Waals surface area contributed by atoms with Gasteiger partial charge in [0.15, 0.2) is 0 Å². The second-order valence-electron chi connectivity index (χ2n) is 4.85. The van der Waals surface area contributed by atoms with Crippen molar-refractivity contribution in [1.29, 1.82) is 0 Å². The summed E-state index contributed by atoms with van der Waals surface area (Å²) in [5.74, 6) is 0.0766. The normalized spacial score (nSPS) is 18.9. The van der Waals surface area contributed by atoms with Gasteiger partial charge in [-0.05, 0) is 26.1 Å². The number of likely N-dealkylation sites (N-methyl/N-ethyl adjacent to an activating group) is 1. The molecule has 2 N–H and O–H groups in total. The van der Waals surface area contributed by atoms with E-state index in [2.05, 4.69) is 23.9 Å². The topological polar surface area (TPSA) is 62.5 Å². The minimum absolute atomic E-state index is 0. The first-order valence-corrected chi connectivity index (χ1v) is 6.26. The molecule has 1 amide bonds. The standard InChI is InChI=1S/C13H20N4O.2ClH/c1-10-9-16(2)5-6-17(10)13(18)11-3-4-15-12(7-11)8-14;;/h3-4,7,10H,5-6,8-9,14H2,1-2H3;2*1H. The van der Waals surface area contributed by atoms with E-state index in [-0.39, 0.29) is 36.8 Å². The van der Waals surface area contributed by atoms with E-state index in [0.29, 0.717) is 12.1 Å². The van der Waals surface area contributed by atoms with Crippen molar-refractivity contribution in [2.75, 3.05) is 26.7 Å². The summed E-state index contributed by atoms with van der Waals surface area (Å²) in [7, 11) is 2.08. The van der Waals surface area contributed by atoms with Crippen LogP contribution >= 0.6 is 24.8 Å². The molecule has 114 valence electrons. The molecule has 1 saturated heterocycles. The number of aromatic nitrogens is 1. The van der Waals surface area contributed by atoms with E-state index in [1.807, 2.05) is 4.90 Å². The van der Waals surface area contributed by atoms with Crippen LogP contribution < -0.4 is 5.73 Å². The van der Waals surface area contributed by atoms with Crippen LogP contribution in [0.5, 0.6) is 0 Å². The molecular formula is C13H22Cl2N4O. The third-order valence-electron chi connectivity index (χ3n) is 3.36. The van der Waals surface area contributed by atoms with Gasteiger partial charge in [-0.25, -0.2) is 0 Å². The molecular weight excluding hydrogens is 299 g/mol. The molecule has 20 heavy (non-hydrogen) atoms. The highest BCUT2D eigenvalue weighted by molar-refractivity contribution is 5.94. The Labute approximate surface area is 132 Å². The highest BCUT2D eigenvalue weighted by Crippen LogP contribution is 2.13. The summed E-state index contributed by atoms with van der Waals surface area (Å²) in [6.45, 7) is 5.06. The molecule has 0 radical (unpaired) electrons. The Morgan fingerprint density at radius 3 is 2.75 bits per heavy atom. The predicted octanol–water partition coefficient (Wildman–Crippen LogP) is 1.16. The zero-order valence-electron chi connectivity index (χ0n) is 11.8. The average molecular weight is 321 g/mol. The molecule has 1 fully saturated rings. The van der Waals surface area contributed by atoms with Crippen molar-refractivity contribution in [3.05, 3.63) is 29.6 Å². The fourth-order valence-electron chi connectivity index (χ4n) is 2.33. The molecule has 0 saturated carbocycles. The Morgan fingerprint density at radius 1 is 1.45 bits per heavy atom. The van der Waals surface area contributed by atoms with Crippen molar-refractivity contribution in [2.45, 2.75) is 19.5 Å². The van der Waals surface area contributed by atoms with Gasteiger partial charge in [-0.15, -0.1) is 24.8 Å². The average Bonchev–Trinajstić information content (AvgIpc) is 2.38. The molecule has 2 rings (SSSR count). The van der Waals surface area contributed by atoms with Crippen LogP contribution in [0.4, 0.5) is 0 Å². The molecule has 1 aliphatic heterocycles. The minimum atomic E-state index is 0. The summed E-state index contributed by atoms with van der Waals surface area (Å²) in [5, 5.41) is 0. The number of hydrogen-bond acceptors (Lipinski definition) is 4. The second-order valence-corrected chi connectivity index (χ2v) is 4.85. The fraction of sp³-hybridized carbons (Fsp3) is 0.538. The highest BCUT2D eigenvalue weighted by Gasteiger charge is 2.26. The van der Waals surface area contributed by atoms with Gasteiger partial charge in [0.25, 0.3) is 5.91 Å². The predicted molar refractivity (Wildman–Crippen MR) is 84.6 cm³/mol. The first-order chi connectivity index (χ1) is 8.61. The van der Waals surface area contributed by atoms with Crippen LogP contribution in [-0.4, -0.2) is 53.4 Å². The van der Waals surface area contributed by atoms with E-state index in [9.17, 15) is 4.79 Å². The summed E-state index contributed by atoms with van der Waals surface area (Å²) in [6, 6.07) is 3.78. The van der Waals surface area contributed by atoms with Gasteiger partial charge in [0, 0.05) is 44.0 Å². The number of halogens is 2. The van der Waals surface area contributed by atoms with Crippen molar-refractivity contribution in [3.63, 3.8) is 0 Å². The van der Waals surface area contributed by atoms with Crippen molar-refractivity contribution in [1.82, 2.24) is 14.8 Å². The van der Waals surface area contributed by atoms with Crippen molar-refractivity contribution < 1.29 is 4.79 Å². The lowest BCUT2D eigenvalue weighted by molar-refractivity contribution is 0.0533. The van der Waals surface area contributed by atoms with Crippen LogP contribution in [0, 0.1) is 0 Å². The monoisotopic (exact) mass is 320 g/mol.